The predicted molar refractivity (Wildman–Crippen MR) is 56.0 cm³/mol. The molecule has 0 saturated heterocycles. The number of aryl methyl sites for hydroxylation is 1. The van der Waals surface area contributed by atoms with Crippen LogP contribution in [-0.2, 0) is 22.6 Å². The van der Waals surface area contributed by atoms with Gasteiger partial charge in [0.1, 0.15) is 5.82 Å². The summed E-state index contributed by atoms with van der Waals surface area (Å²) in [5.41, 5.74) is 0.895. The van der Waals surface area contributed by atoms with Crippen LogP contribution in [0.15, 0.2) is 6.07 Å². The van der Waals surface area contributed by atoms with Crippen molar-refractivity contribution in [2.75, 3.05) is 5.32 Å². The minimum Gasteiger partial charge on any atom is -0.481 e. The number of hydrogen-bond acceptors (Lipinski definition) is 3. The van der Waals surface area contributed by atoms with Crippen LogP contribution in [-0.4, -0.2) is 26.8 Å². The molecule has 6 nitrogen and oxygen atoms in total. The number of carbonyl (C=O) groups excluding carboxylic acids is 1. The van der Waals surface area contributed by atoms with Gasteiger partial charge in [-0.3, -0.25) is 9.59 Å². The summed E-state index contributed by atoms with van der Waals surface area (Å²) in [5, 5.41) is 15.6. The Balaban J connectivity index is 2.20. The number of rotatable bonds is 3. The molecule has 0 radical (unpaired) electrons. The fraction of sp³-hybridized carbons (Fsp3) is 0.500. The van der Waals surface area contributed by atoms with Gasteiger partial charge >= 0.3 is 5.97 Å². The Kier molecular flexibility index (Phi) is 2.64. The third-order valence-corrected chi connectivity index (χ3v) is 2.63. The Bertz CT molecular complexity index is 439. The van der Waals surface area contributed by atoms with Crippen molar-refractivity contribution in [3.8, 4) is 0 Å². The summed E-state index contributed by atoms with van der Waals surface area (Å²) in [6, 6.07) is 1.81. The summed E-state index contributed by atoms with van der Waals surface area (Å²) < 4.78 is 1.66. The quantitative estimate of drug-likeness (QED) is 0.781. The number of hydrogen-bond donors (Lipinski definition) is 2. The molecule has 0 aliphatic carbocycles. The Morgan fingerprint density at radius 1 is 1.75 bits per heavy atom. The Labute approximate surface area is 92.3 Å². The molecule has 0 spiro atoms. The summed E-state index contributed by atoms with van der Waals surface area (Å²) in [5.74, 6) is -1.08. The van der Waals surface area contributed by atoms with E-state index in [9.17, 15) is 9.59 Å². The molecule has 6 heteroatoms. The molecule has 16 heavy (non-hydrogen) atoms. The first-order valence-corrected chi connectivity index (χ1v) is 5.19. The van der Waals surface area contributed by atoms with Gasteiger partial charge in [0, 0.05) is 6.07 Å². The van der Waals surface area contributed by atoms with E-state index in [0.29, 0.717) is 12.4 Å². The van der Waals surface area contributed by atoms with Gasteiger partial charge in [-0.15, -0.1) is 0 Å². The number of amides is 1. The van der Waals surface area contributed by atoms with Crippen molar-refractivity contribution in [3.63, 3.8) is 0 Å². The third kappa shape index (κ3) is 1.91. The van der Waals surface area contributed by atoms with Crippen LogP contribution in [0, 0.1) is 5.92 Å². The van der Waals surface area contributed by atoms with E-state index in [4.69, 9.17) is 5.11 Å². The standard InChI is InChI=1S/C10H13N3O3/c1-2-7-4-8-11-10(16)6(3-9(14)15)5-13(8)12-7/h4,6H,2-3,5H2,1H3,(H,11,16)(H,14,15). The van der Waals surface area contributed by atoms with Crippen molar-refractivity contribution >= 4 is 17.7 Å². The maximum Gasteiger partial charge on any atom is 0.304 e. The molecule has 2 heterocycles. The molecule has 1 atom stereocenters. The van der Waals surface area contributed by atoms with E-state index in [2.05, 4.69) is 10.4 Å². The number of aliphatic carboxylic acids is 1. The highest BCUT2D eigenvalue weighted by molar-refractivity contribution is 5.94. The van der Waals surface area contributed by atoms with Gasteiger partial charge in [0.05, 0.1) is 24.6 Å². The molecule has 0 bridgehead atoms. The lowest BCUT2D eigenvalue weighted by Gasteiger charge is -2.21. The zero-order valence-electron chi connectivity index (χ0n) is 8.93. The molecule has 0 saturated carbocycles. The molecular formula is C10H13N3O3. The predicted octanol–water partition coefficient (Wildman–Crippen LogP) is 0.488. The van der Waals surface area contributed by atoms with E-state index in [0.717, 1.165) is 12.1 Å². The van der Waals surface area contributed by atoms with Crippen LogP contribution in [0.1, 0.15) is 19.0 Å². The number of nitrogens with zero attached hydrogens (tertiary/aromatic N) is 2. The van der Waals surface area contributed by atoms with E-state index in [1.165, 1.54) is 0 Å². The summed E-state index contributed by atoms with van der Waals surface area (Å²) >= 11 is 0. The molecule has 1 aromatic heterocycles. The molecule has 86 valence electrons. The van der Waals surface area contributed by atoms with Crippen molar-refractivity contribution in [2.45, 2.75) is 26.3 Å². The molecule has 1 aliphatic rings. The van der Waals surface area contributed by atoms with Gasteiger partial charge in [-0.2, -0.15) is 5.10 Å². The van der Waals surface area contributed by atoms with Crippen molar-refractivity contribution in [2.24, 2.45) is 5.92 Å². The fourth-order valence-electron chi connectivity index (χ4n) is 1.77. The van der Waals surface area contributed by atoms with E-state index < -0.39 is 11.9 Å². The lowest BCUT2D eigenvalue weighted by molar-refractivity contribution is -0.140. The summed E-state index contributed by atoms with van der Waals surface area (Å²) in [6.07, 6.45) is 0.631. The van der Waals surface area contributed by atoms with Crippen molar-refractivity contribution in [1.82, 2.24) is 9.78 Å². The molecule has 2 N–H and O–H groups in total. The molecule has 1 aliphatic heterocycles. The van der Waals surface area contributed by atoms with E-state index in [-0.39, 0.29) is 12.3 Å². The second kappa shape index (κ2) is 3.96. The first kappa shape index (κ1) is 10.7. The highest BCUT2D eigenvalue weighted by Crippen LogP contribution is 2.21. The highest BCUT2D eigenvalue weighted by atomic mass is 16.4. The van der Waals surface area contributed by atoms with Gasteiger partial charge < -0.3 is 10.4 Å². The van der Waals surface area contributed by atoms with Crippen molar-refractivity contribution in [1.29, 1.82) is 0 Å². The topological polar surface area (TPSA) is 84.2 Å². The number of carboxylic acid groups (broad SMARTS) is 1. The van der Waals surface area contributed by atoms with Crippen molar-refractivity contribution < 1.29 is 14.7 Å². The molecule has 1 aromatic rings. The van der Waals surface area contributed by atoms with Crippen LogP contribution in [0.25, 0.3) is 0 Å². The maximum absolute atomic E-state index is 11.6. The lowest BCUT2D eigenvalue weighted by atomic mass is 10.0. The lowest BCUT2D eigenvalue weighted by Crippen LogP contribution is -2.34. The number of nitrogens with one attached hydrogen (secondary N) is 1. The second-order valence-corrected chi connectivity index (χ2v) is 3.84. The number of aromatic nitrogens is 2. The van der Waals surface area contributed by atoms with Crippen LogP contribution in [0.2, 0.25) is 0 Å². The van der Waals surface area contributed by atoms with Gasteiger partial charge in [0.15, 0.2) is 0 Å². The average molecular weight is 223 g/mol. The maximum atomic E-state index is 11.6. The molecule has 2 rings (SSSR count). The highest BCUT2D eigenvalue weighted by Gasteiger charge is 2.28. The van der Waals surface area contributed by atoms with Crippen LogP contribution in [0.5, 0.6) is 0 Å². The summed E-state index contributed by atoms with van der Waals surface area (Å²) in [6.45, 7) is 2.32. The first-order chi connectivity index (χ1) is 7.60. The van der Waals surface area contributed by atoms with Crippen LogP contribution in [0.3, 0.4) is 0 Å². The van der Waals surface area contributed by atoms with Gasteiger partial charge in [-0.25, -0.2) is 4.68 Å². The monoisotopic (exact) mass is 223 g/mol. The summed E-state index contributed by atoms with van der Waals surface area (Å²) in [4.78, 5) is 22.2. The van der Waals surface area contributed by atoms with Gasteiger partial charge in [-0.1, -0.05) is 6.92 Å². The molecule has 1 unspecified atom stereocenters. The smallest absolute Gasteiger partial charge is 0.304 e. The summed E-state index contributed by atoms with van der Waals surface area (Å²) in [7, 11) is 0. The van der Waals surface area contributed by atoms with Crippen molar-refractivity contribution in [3.05, 3.63) is 11.8 Å². The number of carboxylic acids is 1. The number of anilines is 1. The van der Waals surface area contributed by atoms with Crippen LogP contribution < -0.4 is 5.32 Å². The zero-order valence-corrected chi connectivity index (χ0v) is 8.93. The Morgan fingerprint density at radius 3 is 3.12 bits per heavy atom. The fourth-order valence-corrected chi connectivity index (χ4v) is 1.77. The van der Waals surface area contributed by atoms with Gasteiger partial charge in [0.25, 0.3) is 0 Å². The number of fused-ring (bicyclic) bond motifs is 1. The largest absolute Gasteiger partial charge is 0.481 e. The third-order valence-electron chi connectivity index (χ3n) is 2.63. The Hall–Kier alpha value is -1.85. The van der Waals surface area contributed by atoms with E-state index in [1.54, 1.807) is 4.68 Å². The van der Waals surface area contributed by atoms with Crippen LogP contribution >= 0.6 is 0 Å². The minimum absolute atomic E-state index is 0.160. The molecule has 0 fully saturated rings. The zero-order chi connectivity index (χ0) is 11.7. The second-order valence-electron chi connectivity index (χ2n) is 3.84. The van der Waals surface area contributed by atoms with E-state index >= 15 is 0 Å². The molecular weight excluding hydrogens is 210 g/mol. The average Bonchev–Trinajstić information content (AvgIpc) is 2.59. The van der Waals surface area contributed by atoms with Gasteiger partial charge in [0.2, 0.25) is 5.91 Å². The molecule has 0 aromatic carbocycles. The van der Waals surface area contributed by atoms with Gasteiger partial charge in [-0.05, 0) is 6.42 Å². The van der Waals surface area contributed by atoms with Crippen LogP contribution in [0.4, 0.5) is 5.82 Å². The first-order valence-electron chi connectivity index (χ1n) is 5.19. The van der Waals surface area contributed by atoms with E-state index in [1.807, 2.05) is 13.0 Å². The minimum atomic E-state index is -0.966. The SMILES string of the molecule is CCc1cc2n(n1)CC(CC(=O)O)C(=O)N2. The normalized spacial score (nSPS) is 19.1. The number of carbonyl (C=O) groups is 2. The Morgan fingerprint density at radius 2 is 2.50 bits per heavy atom. The molecule has 1 amide bonds.